The van der Waals surface area contributed by atoms with Crippen LogP contribution in [-0.2, 0) is 4.84 Å². The molecule has 1 N–H and O–H groups in total. The van der Waals surface area contributed by atoms with Crippen LogP contribution in [0, 0.1) is 12.7 Å². The second kappa shape index (κ2) is 6.74. The first kappa shape index (κ1) is 16.0. The monoisotopic (exact) mass is 332 g/mol. The minimum absolute atomic E-state index is 0.177. The number of hydrogen-bond acceptors (Lipinski definition) is 5. The van der Waals surface area contributed by atoms with Crippen LogP contribution in [0.5, 0.6) is 5.75 Å². The van der Waals surface area contributed by atoms with Crippen molar-refractivity contribution in [2.75, 3.05) is 13.7 Å². The molecule has 0 spiro atoms. The normalized spacial score (nSPS) is 16.5. The first-order valence-electron chi connectivity index (χ1n) is 7.48. The maximum atomic E-state index is 13.8. The third kappa shape index (κ3) is 3.40. The van der Waals surface area contributed by atoms with Gasteiger partial charge in [-0.15, -0.1) is 0 Å². The number of carbonyl (C=O) groups excluding carboxylic acids is 1. The lowest BCUT2D eigenvalue weighted by molar-refractivity contribution is 0.0739. The summed E-state index contributed by atoms with van der Waals surface area (Å²) in [6.07, 6.45) is 0.175. The lowest BCUT2D eigenvalue weighted by Gasteiger charge is -2.09. The largest absolute Gasteiger partial charge is 0.494 e. The van der Waals surface area contributed by atoms with Crippen molar-refractivity contribution in [1.82, 2.24) is 5.32 Å². The van der Waals surface area contributed by atoms with E-state index in [2.05, 4.69) is 10.5 Å². The van der Waals surface area contributed by atoms with Gasteiger partial charge in [0.05, 0.1) is 19.4 Å². The minimum Gasteiger partial charge on any atom is -0.494 e. The molecule has 0 radical (unpaired) electrons. The van der Waals surface area contributed by atoms with Crippen molar-refractivity contribution in [2.24, 2.45) is 5.16 Å². The third-order valence-electron chi connectivity index (χ3n) is 3.67. The fourth-order valence-electron chi connectivity index (χ4n) is 2.40. The highest BCUT2D eigenvalue weighted by molar-refractivity contribution is 6.01. The smallest absolute Gasteiger partial charge is 0.287 e. The number of amides is 1. The highest BCUT2D eigenvalue weighted by Crippen LogP contribution is 2.22. The Kier molecular flexibility index (Phi) is 4.50. The molecule has 0 aliphatic carbocycles. The Balaban J connectivity index is 1.55. The summed E-state index contributed by atoms with van der Waals surface area (Å²) in [4.78, 5) is 17.2. The van der Waals surface area contributed by atoms with Crippen molar-refractivity contribution in [1.29, 1.82) is 0 Å². The van der Waals surface area contributed by atoms with Crippen molar-refractivity contribution < 1.29 is 23.2 Å². The van der Waals surface area contributed by atoms with Gasteiger partial charge in [-0.3, -0.25) is 4.79 Å². The molecule has 7 heteroatoms. The summed E-state index contributed by atoms with van der Waals surface area (Å²) in [5.41, 5.74) is 1.26. The molecule has 1 aliphatic rings. The molecule has 0 bridgehead atoms. The number of aryl methyl sites for hydroxylation is 1. The standard InChI is InChI=1S/C17H17FN2O4/c1-10-3-5-16(23-10)17(21)19-9-12-8-14(20-24-12)11-4-6-15(22-2)13(18)7-11/h3-7,12H,8-9H2,1-2H3,(H,19,21). The molecule has 1 atom stereocenters. The van der Waals surface area contributed by atoms with Crippen LogP contribution < -0.4 is 10.1 Å². The van der Waals surface area contributed by atoms with Gasteiger partial charge in [0.1, 0.15) is 11.9 Å². The lowest BCUT2D eigenvalue weighted by atomic mass is 10.0. The lowest BCUT2D eigenvalue weighted by Crippen LogP contribution is -2.32. The van der Waals surface area contributed by atoms with Gasteiger partial charge in [0.25, 0.3) is 5.91 Å². The van der Waals surface area contributed by atoms with Crippen LogP contribution >= 0.6 is 0 Å². The molecule has 0 saturated carbocycles. The van der Waals surface area contributed by atoms with Crippen LogP contribution in [0.15, 0.2) is 39.9 Å². The van der Waals surface area contributed by atoms with Crippen LogP contribution in [0.2, 0.25) is 0 Å². The van der Waals surface area contributed by atoms with Gasteiger partial charge in [0.2, 0.25) is 0 Å². The van der Waals surface area contributed by atoms with E-state index < -0.39 is 5.82 Å². The molecular weight excluding hydrogens is 315 g/mol. The molecule has 1 aromatic carbocycles. The number of oxime groups is 1. The maximum Gasteiger partial charge on any atom is 0.287 e. The van der Waals surface area contributed by atoms with Gasteiger partial charge in [-0.1, -0.05) is 5.16 Å². The Bertz CT molecular complexity index is 785. The quantitative estimate of drug-likeness (QED) is 0.913. The number of ether oxygens (including phenoxy) is 1. The zero-order valence-corrected chi connectivity index (χ0v) is 13.3. The minimum atomic E-state index is -0.456. The summed E-state index contributed by atoms with van der Waals surface area (Å²) in [5.74, 6) is 0.336. The van der Waals surface area contributed by atoms with Gasteiger partial charge >= 0.3 is 0 Å². The Morgan fingerprint density at radius 2 is 2.25 bits per heavy atom. The molecule has 1 amide bonds. The van der Waals surface area contributed by atoms with E-state index in [-0.39, 0.29) is 30.1 Å². The average molecular weight is 332 g/mol. The van der Waals surface area contributed by atoms with Gasteiger partial charge in [-0.05, 0) is 37.3 Å². The van der Waals surface area contributed by atoms with Crippen molar-refractivity contribution in [2.45, 2.75) is 19.4 Å². The molecule has 3 rings (SSSR count). The molecule has 1 unspecified atom stereocenters. The molecule has 1 aromatic heterocycles. The summed E-state index contributed by atoms with van der Waals surface area (Å²) >= 11 is 0. The van der Waals surface area contributed by atoms with Gasteiger partial charge in [-0.25, -0.2) is 4.39 Å². The van der Waals surface area contributed by atoms with Gasteiger partial charge < -0.3 is 19.3 Å². The number of halogens is 1. The van der Waals surface area contributed by atoms with E-state index in [1.54, 1.807) is 31.2 Å². The van der Waals surface area contributed by atoms with Crippen molar-refractivity contribution in [3.05, 3.63) is 53.2 Å². The summed E-state index contributed by atoms with van der Waals surface area (Å²) in [5, 5.41) is 6.70. The van der Waals surface area contributed by atoms with E-state index in [4.69, 9.17) is 14.0 Å². The molecular formula is C17H17FN2O4. The number of rotatable bonds is 5. The van der Waals surface area contributed by atoms with Crippen LogP contribution in [0.25, 0.3) is 0 Å². The number of benzene rings is 1. The molecule has 0 saturated heterocycles. The second-order valence-corrected chi connectivity index (χ2v) is 5.44. The fraction of sp³-hybridized carbons (Fsp3) is 0.294. The van der Waals surface area contributed by atoms with Crippen LogP contribution in [0.4, 0.5) is 4.39 Å². The van der Waals surface area contributed by atoms with Crippen molar-refractivity contribution in [3.8, 4) is 5.75 Å². The fourth-order valence-corrected chi connectivity index (χ4v) is 2.40. The molecule has 2 heterocycles. The molecule has 0 fully saturated rings. The molecule has 6 nitrogen and oxygen atoms in total. The first-order chi connectivity index (χ1) is 11.6. The van der Waals surface area contributed by atoms with E-state index in [9.17, 15) is 9.18 Å². The number of furan rings is 1. The predicted molar refractivity (Wildman–Crippen MR) is 84.8 cm³/mol. The average Bonchev–Trinajstić information content (AvgIpc) is 3.21. The van der Waals surface area contributed by atoms with E-state index in [0.717, 1.165) is 0 Å². The van der Waals surface area contributed by atoms with E-state index in [1.807, 2.05) is 0 Å². The van der Waals surface area contributed by atoms with Gasteiger partial charge in [-0.2, -0.15) is 0 Å². The molecule has 2 aromatic rings. The third-order valence-corrected chi connectivity index (χ3v) is 3.67. The number of nitrogens with zero attached hydrogens (tertiary/aromatic N) is 1. The zero-order chi connectivity index (χ0) is 17.1. The van der Waals surface area contributed by atoms with E-state index >= 15 is 0 Å². The number of nitrogens with one attached hydrogen (secondary N) is 1. The number of carbonyl (C=O) groups is 1. The Morgan fingerprint density at radius 3 is 2.92 bits per heavy atom. The Hall–Kier alpha value is -2.83. The molecule has 24 heavy (non-hydrogen) atoms. The Labute approximate surface area is 138 Å². The number of methoxy groups -OCH3 is 1. The molecule has 1 aliphatic heterocycles. The zero-order valence-electron chi connectivity index (χ0n) is 13.3. The van der Waals surface area contributed by atoms with Gasteiger partial charge in [0, 0.05) is 12.0 Å². The molecule has 126 valence electrons. The van der Waals surface area contributed by atoms with Crippen LogP contribution in [0.3, 0.4) is 0 Å². The summed E-state index contributed by atoms with van der Waals surface area (Å²) in [6, 6.07) is 7.95. The summed E-state index contributed by atoms with van der Waals surface area (Å²) in [7, 11) is 1.41. The highest BCUT2D eigenvalue weighted by atomic mass is 19.1. The highest BCUT2D eigenvalue weighted by Gasteiger charge is 2.24. The predicted octanol–water partition coefficient (Wildman–Crippen LogP) is 2.66. The topological polar surface area (TPSA) is 73.1 Å². The summed E-state index contributed by atoms with van der Waals surface area (Å²) < 4.78 is 23.9. The van der Waals surface area contributed by atoms with Gasteiger partial charge in [0.15, 0.2) is 17.3 Å². The van der Waals surface area contributed by atoms with E-state index in [0.29, 0.717) is 23.5 Å². The first-order valence-corrected chi connectivity index (χ1v) is 7.48. The van der Waals surface area contributed by atoms with E-state index in [1.165, 1.54) is 13.2 Å². The maximum absolute atomic E-state index is 13.8. The Morgan fingerprint density at radius 1 is 1.42 bits per heavy atom. The van der Waals surface area contributed by atoms with Crippen molar-refractivity contribution in [3.63, 3.8) is 0 Å². The SMILES string of the molecule is COc1ccc(C2=NOC(CNC(=O)c3ccc(C)o3)C2)cc1F. The number of hydrogen-bond donors (Lipinski definition) is 1. The van der Waals surface area contributed by atoms with Crippen molar-refractivity contribution >= 4 is 11.6 Å². The van der Waals surface area contributed by atoms with Crippen LogP contribution in [0.1, 0.15) is 28.3 Å². The second-order valence-electron chi connectivity index (χ2n) is 5.44. The van der Waals surface area contributed by atoms with Crippen LogP contribution in [-0.4, -0.2) is 31.4 Å². The summed E-state index contributed by atoms with van der Waals surface area (Å²) in [6.45, 7) is 2.05.